The fraction of sp³-hybridized carbons (Fsp3) is 0.125. The summed E-state index contributed by atoms with van der Waals surface area (Å²) in [6, 6.07) is 9.13. The van der Waals surface area contributed by atoms with Crippen molar-refractivity contribution in [1.29, 1.82) is 0 Å². The van der Waals surface area contributed by atoms with E-state index in [0.29, 0.717) is 33.2 Å². The van der Waals surface area contributed by atoms with Crippen molar-refractivity contribution >= 4 is 28.3 Å². The van der Waals surface area contributed by atoms with Gasteiger partial charge in [0.1, 0.15) is 5.82 Å². The Balaban J connectivity index is 2.29. The van der Waals surface area contributed by atoms with Gasteiger partial charge >= 0.3 is 0 Å². The molecule has 0 bridgehead atoms. The molecule has 1 aromatic carbocycles. The highest BCUT2D eigenvalue weighted by atomic mass is 35.5. The van der Waals surface area contributed by atoms with Crippen LogP contribution in [0.1, 0.15) is 5.82 Å². The zero-order valence-corrected chi connectivity index (χ0v) is 13.2. The number of nitrogens with zero attached hydrogens (tertiary/aromatic N) is 5. The first kappa shape index (κ1) is 13.9. The van der Waals surface area contributed by atoms with Crippen molar-refractivity contribution in [1.82, 2.24) is 24.1 Å². The van der Waals surface area contributed by atoms with Crippen molar-refractivity contribution in [3.63, 3.8) is 0 Å². The molecule has 0 radical (unpaired) electrons. The zero-order valence-electron chi connectivity index (χ0n) is 12.5. The molecule has 0 atom stereocenters. The summed E-state index contributed by atoms with van der Waals surface area (Å²) in [5.41, 5.74) is 1.89. The Bertz CT molecular complexity index is 1130. The first-order valence-electron chi connectivity index (χ1n) is 7.03. The van der Waals surface area contributed by atoms with E-state index in [4.69, 9.17) is 11.6 Å². The topological polar surface area (TPSA) is 65.1 Å². The lowest BCUT2D eigenvalue weighted by molar-refractivity contribution is 0.866. The van der Waals surface area contributed by atoms with Crippen LogP contribution in [0.25, 0.3) is 27.9 Å². The van der Waals surface area contributed by atoms with E-state index >= 15 is 0 Å². The molecule has 7 heteroatoms. The monoisotopic (exact) mass is 325 g/mol. The van der Waals surface area contributed by atoms with Crippen LogP contribution in [0.3, 0.4) is 0 Å². The van der Waals surface area contributed by atoms with Crippen molar-refractivity contribution in [2.24, 2.45) is 7.05 Å². The first-order valence-corrected chi connectivity index (χ1v) is 7.41. The van der Waals surface area contributed by atoms with Crippen LogP contribution >= 0.6 is 11.6 Å². The normalized spacial score (nSPS) is 11.4. The minimum absolute atomic E-state index is 0.139. The maximum absolute atomic E-state index is 12.7. The Morgan fingerprint density at radius 3 is 2.78 bits per heavy atom. The molecule has 0 aliphatic heterocycles. The molecule has 3 aromatic heterocycles. The molecule has 0 aliphatic carbocycles. The molecule has 4 rings (SSSR count). The smallest absolute Gasteiger partial charge is 0.261 e. The number of fused-ring (bicyclic) bond motifs is 2. The highest BCUT2D eigenvalue weighted by molar-refractivity contribution is 6.30. The van der Waals surface area contributed by atoms with E-state index < -0.39 is 0 Å². The molecule has 23 heavy (non-hydrogen) atoms. The fourth-order valence-corrected chi connectivity index (χ4v) is 2.87. The molecule has 3 heterocycles. The van der Waals surface area contributed by atoms with Crippen LogP contribution in [0.5, 0.6) is 0 Å². The summed E-state index contributed by atoms with van der Waals surface area (Å²) < 4.78 is 3.12. The van der Waals surface area contributed by atoms with Gasteiger partial charge in [0.15, 0.2) is 0 Å². The van der Waals surface area contributed by atoms with Crippen molar-refractivity contribution in [2.75, 3.05) is 0 Å². The van der Waals surface area contributed by atoms with Crippen LogP contribution in [0.4, 0.5) is 0 Å². The lowest BCUT2D eigenvalue weighted by Crippen LogP contribution is -2.18. The summed E-state index contributed by atoms with van der Waals surface area (Å²) >= 11 is 6.13. The summed E-state index contributed by atoms with van der Waals surface area (Å²) in [6.07, 6.45) is 1.69. The summed E-state index contributed by atoms with van der Waals surface area (Å²) in [5, 5.41) is 5.48. The number of hydrogen-bond donors (Lipinski definition) is 0. The van der Waals surface area contributed by atoms with Gasteiger partial charge in [0.2, 0.25) is 0 Å². The molecule has 0 saturated carbocycles. The summed E-state index contributed by atoms with van der Waals surface area (Å²) in [7, 11) is 1.71. The van der Waals surface area contributed by atoms with E-state index in [2.05, 4.69) is 15.1 Å². The van der Waals surface area contributed by atoms with Crippen molar-refractivity contribution in [3.8, 4) is 11.3 Å². The van der Waals surface area contributed by atoms with Gasteiger partial charge in [0, 0.05) is 23.8 Å². The molecule has 0 fully saturated rings. The maximum Gasteiger partial charge on any atom is 0.261 e. The molecule has 0 amide bonds. The van der Waals surface area contributed by atoms with E-state index in [1.54, 1.807) is 42.9 Å². The van der Waals surface area contributed by atoms with E-state index in [1.165, 1.54) is 4.57 Å². The average Bonchev–Trinajstić information content (AvgIpc) is 2.89. The number of aromatic nitrogens is 5. The van der Waals surface area contributed by atoms with E-state index in [0.717, 1.165) is 5.56 Å². The number of aryl methyl sites for hydroxylation is 2. The predicted molar refractivity (Wildman–Crippen MR) is 88.7 cm³/mol. The van der Waals surface area contributed by atoms with Gasteiger partial charge in [-0.25, -0.2) is 4.98 Å². The number of halogens is 1. The van der Waals surface area contributed by atoms with Gasteiger partial charge in [-0.15, -0.1) is 5.10 Å². The molecule has 0 N–H and O–H groups in total. The minimum Gasteiger partial charge on any atom is -0.318 e. The van der Waals surface area contributed by atoms with Crippen LogP contribution in [0, 0.1) is 6.92 Å². The van der Waals surface area contributed by atoms with Crippen LogP contribution in [-0.4, -0.2) is 24.1 Å². The Morgan fingerprint density at radius 1 is 1.17 bits per heavy atom. The van der Waals surface area contributed by atoms with Crippen molar-refractivity contribution < 1.29 is 0 Å². The van der Waals surface area contributed by atoms with Gasteiger partial charge in [0.05, 0.1) is 16.6 Å². The summed E-state index contributed by atoms with van der Waals surface area (Å²) in [5.74, 6) is 1.05. The van der Waals surface area contributed by atoms with E-state index in [9.17, 15) is 4.79 Å². The fourth-order valence-electron chi connectivity index (χ4n) is 2.68. The zero-order chi connectivity index (χ0) is 16.1. The van der Waals surface area contributed by atoms with Crippen molar-refractivity contribution in [3.05, 3.63) is 57.7 Å². The second kappa shape index (κ2) is 4.89. The Kier molecular flexibility index (Phi) is 2.96. The molecular formula is C16H12ClN5O. The first-order chi connectivity index (χ1) is 11.0. The van der Waals surface area contributed by atoms with Gasteiger partial charge < -0.3 is 4.57 Å². The van der Waals surface area contributed by atoms with Crippen LogP contribution in [-0.2, 0) is 7.05 Å². The standard InChI is InChI=1S/C16H12ClN5O/c1-9-18-16-19-12-6-7-21(2)15(23)13(12)14(22(16)20-9)10-4-3-5-11(17)8-10/h3-8H,1-2H3. The molecule has 0 spiro atoms. The Labute approximate surface area is 136 Å². The second-order valence-corrected chi connectivity index (χ2v) is 5.77. The van der Waals surface area contributed by atoms with Crippen LogP contribution < -0.4 is 5.56 Å². The van der Waals surface area contributed by atoms with E-state index in [1.807, 2.05) is 12.1 Å². The number of hydrogen-bond acceptors (Lipinski definition) is 4. The summed E-state index contributed by atoms with van der Waals surface area (Å²) in [6.45, 7) is 1.79. The number of pyridine rings is 1. The molecule has 0 unspecified atom stereocenters. The van der Waals surface area contributed by atoms with Crippen molar-refractivity contribution in [2.45, 2.75) is 6.92 Å². The molecule has 0 saturated heterocycles. The van der Waals surface area contributed by atoms with Gasteiger partial charge in [-0.3, -0.25) is 4.79 Å². The Morgan fingerprint density at radius 2 is 2.00 bits per heavy atom. The van der Waals surface area contributed by atoms with Gasteiger partial charge in [-0.1, -0.05) is 23.7 Å². The van der Waals surface area contributed by atoms with Crippen LogP contribution in [0.15, 0.2) is 41.3 Å². The average molecular weight is 326 g/mol. The van der Waals surface area contributed by atoms with Crippen LogP contribution in [0.2, 0.25) is 5.02 Å². The molecule has 6 nitrogen and oxygen atoms in total. The quantitative estimate of drug-likeness (QED) is 0.539. The SMILES string of the molecule is Cc1nc2nc3ccn(C)c(=O)c3c(-c3cccc(Cl)c3)n2n1. The van der Waals surface area contributed by atoms with Gasteiger partial charge in [-0.2, -0.15) is 9.50 Å². The summed E-state index contributed by atoms with van der Waals surface area (Å²) in [4.78, 5) is 21.5. The lowest BCUT2D eigenvalue weighted by Gasteiger charge is -2.09. The molecular weight excluding hydrogens is 314 g/mol. The van der Waals surface area contributed by atoms with Gasteiger partial charge in [-0.05, 0) is 25.1 Å². The second-order valence-electron chi connectivity index (χ2n) is 5.33. The molecule has 4 aromatic rings. The highest BCUT2D eigenvalue weighted by Gasteiger charge is 2.17. The highest BCUT2D eigenvalue weighted by Crippen LogP contribution is 2.27. The maximum atomic E-state index is 12.7. The molecule has 114 valence electrons. The minimum atomic E-state index is -0.139. The number of rotatable bonds is 1. The third kappa shape index (κ3) is 2.10. The number of benzene rings is 1. The predicted octanol–water partition coefficient (Wildman–Crippen LogP) is 2.61. The lowest BCUT2D eigenvalue weighted by atomic mass is 10.1. The Hall–Kier alpha value is -2.73. The third-order valence-corrected chi connectivity index (χ3v) is 3.94. The largest absolute Gasteiger partial charge is 0.318 e. The third-order valence-electron chi connectivity index (χ3n) is 3.71. The van der Waals surface area contributed by atoms with Gasteiger partial charge in [0.25, 0.3) is 11.3 Å². The van der Waals surface area contributed by atoms with E-state index in [-0.39, 0.29) is 5.56 Å². The molecule has 0 aliphatic rings.